The average molecular weight is 351 g/mol. The summed E-state index contributed by atoms with van der Waals surface area (Å²) < 4.78 is 1.43. The number of unbranched alkanes of at least 4 members (excludes halogenated alkanes) is 1. The van der Waals surface area contributed by atoms with Gasteiger partial charge in [-0.1, -0.05) is 56.1 Å². The highest BCUT2D eigenvalue weighted by atomic mass is 35.5. The number of hydrogen-bond donors (Lipinski definition) is 0. The molecule has 0 spiro atoms. The van der Waals surface area contributed by atoms with Gasteiger partial charge < -0.3 is 0 Å². The molecule has 1 aromatic carbocycles. The summed E-state index contributed by atoms with van der Waals surface area (Å²) in [6.45, 7) is 4.81. The minimum atomic E-state index is -0.201. The molecule has 0 bridgehead atoms. The van der Waals surface area contributed by atoms with Crippen LogP contribution in [0.25, 0.3) is 0 Å². The number of nitrogens with zero attached hydrogens (tertiary/aromatic N) is 2. The van der Waals surface area contributed by atoms with Gasteiger partial charge in [-0.05, 0) is 30.4 Å². The van der Waals surface area contributed by atoms with Crippen molar-refractivity contribution in [3.8, 4) is 0 Å². The standard InChI is InChI=1S/C18H23ClN2OS/c1-3-5-6-14-7-9-15(10-8-14)13-23-16-12-20-21(11-4-2)18(22)17(16)19/h7-10,12H,3-6,11,13H2,1-2H3. The summed E-state index contributed by atoms with van der Waals surface area (Å²) >= 11 is 7.75. The Morgan fingerprint density at radius 1 is 1.13 bits per heavy atom. The summed E-state index contributed by atoms with van der Waals surface area (Å²) in [7, 11) is 0. The number of thioether (sulfide) groups is 1. The molecule has 2 rings (SSSR count). The Hall–Kier alpha value is -1.26. The van der Waals surface area contributed by atoms with E-state index in [4.69, 9.17) is 11.6 Å². The van der Waals surface area contributed by atoms with Gasteiger partial charge in [-0.15, -0.1) is 11.8 Å². The first-order valence-corrected chi connectivity index (χ1v) is 9.48. The van der Waals surface area contributed by atoms with Crippen molar-refractivity contribution in [1.29, 1.82) is 0 Å². The lowest BCUT2D eigenvalue weighted by atomic mass is 10.1. The van der Waals surface area contributed by atoms with Gasteiger partial charge in [0.05, 0.1) is 11.1 Å². The summed E-state index contributed by atoms with van der Waals surface area (Å²) in [6.07, 6.45) is 6.13. The van der Waals surface area contributed by atoms with Crippen molar-refractivity contribution >= 4 is 23.4 Å². The normalized spacial score (nSPS) is 10.9. The fourth-order valence-electron chi connectivity index (χ4n) is 2.27. The molecule has 1 aromatic heterocycles. The molecule has 0 unspecified atom stereocenters. The van der Waals surface area contributed by atoms with E-state index in [1.54, 1.807) is 18.0 Å². The molecule has 0 N–H and O–H groups in total. The van der Waals surface area contributed by atoms with Crippen molar-refractivity contribution in [3.05, 3.63) is 57.0 Å². The topological polar surface area (TPSA) is 34.9 Å². The Morgan fingerprint density at radius 2 is 1.83 bits per heavy atom. The molecule has 1 heterocycles. The van der Waals surface area contributed by atoms with Gasteiger partial charge >= 0.3 is 0 Å². The zero-order chi connectivity index (χ0) is 16.7. The second-order valence-electron chi connectivity index (χ2n) is 5.56. The molecule has 0 fully saturated rings. The van der Waals surface area contributed by atoms with Gasteiger partial charge in [-0.25, -0.2) is 4.68 Å². The first-order valence-electron chi connectivity index (χ1n) is 8.12. The molecule has 0 amide bonds. The van der Waals surface area contributed by atoms with Crippen molar-refractivity contribution in [2.24, 2.45) is 0 Å². The van der Waals surface area contributed by atoms with Crippen LogP contribution in [-0.4, -0.2) is 9.78 Å². The lowest BCUT2D eigenvalue weighted by Gasteiger charge is -2.08. The maximum atomic E-state index is 12.1. The summed E-state index contributed by atoms with van der Waals surface area (Å²) in [6, 6.07) is 8.67. The molecule has 0 radical (unpaired) electrons. The zero-order valence-corrected chi connectivity index (χ0v) is 15.3. The summed E-state index contributed by atoms with van der Waals surface area (Å²) in [5.41, 5.74) is 2.40. The van der Waals surface area contributed by atoms with Crippen LogP contribution in [0.4, 0.5) is 0 Å². The fourth-order valence-corrected chi connectivity index (χ4v) is 3.43. The molecule has 2 aromatic rings. The number of aryl methyl sites for hydroxylation is 2. The molecular weight excluding hydrogens is 328 g/mol. The largest absolute Gasteiger partial charge is 0.286 e. The lowest BCUT2D eigenvalue weighted by molar-refractivity contribution is 0.563. The minimum Gasteiger partial charge on any atom is -0.266 e. The Balaban J connectivity index is 2.00. The Kier molecular flexibility index (Phi) is 7.18. The third-order valence-corrected chi connectivity index (χ3v) is 5.20. The predicted molar refractivity (Wildman–Crippen MR) is 98.4 cm³/mol. The Labute approximate surface area is 147 Å². The third kappa shape index (κ3) is 5.11. The van der Waals surface area contributed by atoms with Crippen LogP contribution in [0.1, 0.15) is 44.2 Å². The summed E-state index contributed by atoms with van der Waals surface area (Å²) in [5.74, 6) is 0.784. The molecule has 0 aliphatic heterocycles. The predicted octanol–water partition coefficient (Wildman–Crippen LogP) is 4.94. The second-order valence-corrected chi connectivity index (χ2v) is 6.95. The van der Waals surface area contributed by atoms with E-state index < -0.39 is 0 Å². The van der Waals surface area contributed by atoms with Crippen LogP contribution < -0.4 is 5.56 Å². The lowest BCUT2D eigenvalue weighted by Crippen LogP contribution is -2.23. The van der Waals surface area contributed by atoms with Gasteiger partial charge in [-0.2, -0.15) is 5.10 Å². The van der Waals surface area contributed by atoms with Crippen LogP contribution in [0.5, 0.6) is 0 Å². The van der Waals surface area contributed by atoms with Gasteiger partial charge in [0.15, 0.2) is 0 Å². The minimum absolute atomic E-state index is 0.201. The smallest absolute Gasteiger partial charge is 0.266 e. The second kappa shape index (κ2) is 9.14. The van der Waals surface area contributed by atoms with Crippen molar-refractivity contribution in [2.45, 2.75) is 56.7 Å². The molecule has 0 saturated carbocycles. The number of benzene rings is 1. The Morgan fingerprint density at radius 3 is 2.48 bits per heavy atom. The van der Waals surface area contributed by atoms with Gasteiger partial charge in [0.1, 0.15) is 5.02 Å². The summed E-state index contributed by atoms with van der Waals surface area (Å²) in [5, 5.41) is 4.46. The quantitative estimate of drug-likeness (QED) is 0.632. The number of hydrogen-bond acceptors (Lipinski definition) is 3. The van der Waals surface area contributed by atoms with Crippen molar-refractivity contribution in [2.75, 3.05) is 0 Å². The van der Waals surface area contributed by atoms with E-state index in [9.17, 15) is 4.79 Å². The first-order chi connectivity index (χ1) is 11.2. The average Bonchev–Trinajstić information content (AvgIpc) is 2.57. The zero-order valence-electron chi connectivity index (χ0n) is 13.7. The van der Waals surface area contributed by atoms with Crippen molar-refractivity contribution in [3.63, 3.8) is 0 Å². The van der Waals surface area contributed by atoms with Crippen LogP contribution >= 0.6 is 23.4 Å². The van der Waals surface area contributed by atoms with Crippen molar-refractivity contribution < 1.29 is 0 Å². The fraction of sp³-hybridized carbons (Fsp3) is 0.444. The number of halogens is 1. The van der Waals surface area contributed by atoms with Crippen LogP contribution in [0.3, 0.4) is 0 Å². The molecule has 0 saturated heterocycles. The molecule has 5 heteroatoms. The molecule has 0 aliphatic carbocycles. The highest BCUT2D eigenvalue weighted by Gasteiger charge is 2.09. The van der Waals surface area contributed by atoms with E-state index in [0.29, 0.717) is 6.54 Å². The van der Waals surface area contributed by atoms with Crippen LogP contribution in [0.15, 0.2) is 40.2 Å². The van der Waals surface area contributed by atoms with E-state index >= 15 is 0 Å². The number of rotatable bonds is 8. The first kappa shape index (κ1) is 18.1. The molecule has 0 atom stereocenters. The number of aromatic nitrogens is 2. The monoisotopic (exact) mass is 350 g/mol. The van der Waals surface area contributed by atoms with Crippen LogP contribution in [-0.2, 0) is 18.7 Å². The van der Waals surface area contributed by atoms with E-state index in [-0.39, 0.29) is 10.6 Å². The molecule has 124 valence electrons. The SMILES string of the molecule is CCCCc1ccc(CSc2cnn(CCC)c(=O)c2Cl)cc1. The summed E-state index contributed by atoms with van der Waals surface area (Å²) in [4.78, 5) is 12.8. The maximum Gasteiger partial charge on any atom is 0.286 e. The maximum absolute atomic E-state index is 12.1. The van der Waals surface area contributed by atoms with Gasteiger partial charge in [0.25, 0.3) is 5.56 Å². The highest BCUT2D eigenvalue weighted by molar-refractivity contribution is 7.98. The highest BCUT2D eigenvalue weighted by Crippen LogP contribution is 2.26. The van der Waals surface area contributed by atoms with E-state index in [2.05, 4.69) is 36.3 Å². The van der Waals surface area contributed by atoms with Gasteiger partial charge in [0, 0.05) is 12.3 Å². The van der Waals surface area contributed by atoms with Gasteiger partial charge in [-0.3, -0.25) is 4.79 Å². The molecule has 23 heavy (non-hydrogen) atoms. The molecule has 3 nitrogen and oxygen atoms in total. The Bertz CT molecular complexity index is 682. The van der Waals surface area contributed by atoms with E-state index in [1.807, 2.05) is 6.92 Å². The van der Waals surface area contributed by atoms with E-state index in [1.165, 1.54) is 28.7 Å². The van der Waals surface area contributed by atoms with Crippen LogP contribution in [0.2, 0.25) is 5.02 Å². The van der Waals surface area contributed by atoms with E-state index in [0.717, 1.165) is 23.5 Å². The molecular formula is C18H23ClN2OS. The molecule has 0 aliphatic rings. The third-order valence-electron chi connectivity index (χ3n) is 3.62. The van der Waals surface area contributed by atoms with Crippen molar-refractivity contribution in [1.82, 2.24) is 9.78 Å². The van der Waals surface area contributed by atoms with Gasteiger partial charge in [0.2, 0.25) is 0 Å². The van der Waals surface area contributed by atoms with Crippen LogP contribution in [0, 0.1) is 0 Å².